The van der Waals surface area contributed by atoms with Crippen molar-refractivity contribution in [3.05, 3.63) is 47.0 Å². The molecule has 1 aliphatic rings. The Labute approximate surface area is 165 Å². The Bertz CT molecular complexity index is 925. The van der Waals surface area contributed by atoms with Crippen molar-refractivity contribution in [2.75, 3.05) is 45.3 Å². The van der Waals surface area contributed by atoms with E-state index in [-0.39, 0.29) is 4.90 Å². The Hall–Kier alpha value is -1.96. The molecule has 0 N–H and O–H groups in total. The van der Waals surface area contributed by atoms with E-state index in [4.69, 9.17) is 21.1 Å². The Morgan fingerprint density at radius 2 is 1.70 bits per heavy atom. The molecular weight excluding hydrogens is 388 g/mol. The lowest BCUT2D eigenvalue weighted by Gasteiger charge is -2.36. The standard InChI is InChI=1S/C19H23ClN2O4S/c1-14-16(20)5-4-6-17(14)21-9-11-22(12-10-21)27(23,24)19-13-15(25-2)7-8-18(19)26-3/h4-8,13H,9-12H2,1-3H3. The molecule has 6 nitrogen and oxygen atoms in total. The number of nitrogens with zero attached hydrogens (tertiary/aromatic N) is 2. The average Bonchev–Trinajstić information content (AvgIpc) is 2.69. The lowest BCUT2D eigenvalue weighted by Crippen LogP contribution is -2.48. The van der Waals surface area contributed by atoms with Gasteiger partial charge in [-0.3, -0.25) is 0 Å². The van der Waals surface area contributed by atoms with Crippen LogP contribution >= 0.6 is 11.6 Å². The molecule has 1 aliphatic heterocycles. The van der Waals surface area contributed by atoms with E-state index in [2.05, 4.69) is 4.90 Å². The van der Waals surface area contributed by atoms with Gasteiger partial charge in [0, 0.05) is 43.0 Å². The van der Waals surface area contributed by atoms with Gasteiger partial charge < -0.3 is 14.4 Å². The molecule has 8 heteroatoms. The Morgan fingerprint density at radius 3 is 2.33 bits per heavy atom. The summed E-state index contributed by atoms with van der Waals surface area (Å²) in [5.41, 5.74) is 2.04. The number of rotatable bonds is 5. The van der Waals surface area contributed by atoms with Crippen molar-refractivity contribution in [1.82, 2.24) is 4.31 Å². The summed E-state index contributed by atoms with van der Waals surface area (Å²) in [4.78, 5) is 2.28. The SMILES string of the molecule is COc1ccc(OC)c(S(=O)(=O)N2CCN(c3cccc(Cl)c3C)CC2)c1. The molecule has 0 amide bonds. The molecule has 0 unspecified atom stereocenters. The summed E-state index contributed by atoms with van der Waals surface area (Å²) >= 11 is 6.22. The Balaban J connectivity index is 1.82. The molecule has 1 heterocycles. The third kappa shape index (κ3) is 3.85. The van der Waals surface area contributed by atoms with E-state index in [0.29, 0.717) is 42.7 Å². The summed E-state index contributed by atoms with van der Waals surface area (Å²) in [5.74, 6) is 0.784. The molecule has 0 aromatic heterocycles. The van der Waals surface area contributed by atoms with E-state index in [1.165, 1.54) is 24.6 Å². The number of ether oxygens (including phenoxy) is 2. The average molecular weight is 411 g/mol. The first-order valence-corrected chi connectivity index (χ1v) is 10.4. The monoisotopic (exact) mass is 410 g/mol. The van der Waals surface area contributed by atoms with Crippen LogP contribution in [0.1, 0.15) is 5.56 Å². The first-order valence-electron chi connectivity index (χ1n) is 8.60. The zero-order chi connectivity index (χ0) is 19.6. The van der Waals surface area contributed by atoms with Crippen LogP contribution in [0.15, 0.2) is 41.3 Å². The molecule has 0 atom stereocenters. The Kier molecular flexibility index (Phi) is 5.83. The minimum Gasteiger partial charge on any atom is -0.497 e. The van der Waals surface area contributed by atoms with Gasteiger partial charge in [-0.1, -0.05) is 17.7 Å². The van der Waals surface area contributed by atoms with Gasteiger partial charge in [-0.2, -0.15) is 4.31 Å². The molecule has 2 aromatic rings. The normalized spacial score (nSPS) is 15.6. The zero-order valence-electron chi connectivity index (χ0n) is 15.6. The third-order valence-corrected chi connectivity index (χ3v) is 7.14. The molecule has 2 aromatic carbocycles. The van der Waals surface area contributed by atoms with Gasteiger partial charge in [0.2, 0.25) is 10.0 Å². The van der Waals surface area contributed by atoms with E-state index in [9.17, 15) is 8.42 Å². The highest BCUT2D eigenvalue weighted by Crippen LogP contribution is 2.32. The fourth-order valence-electron chi connectivity index (χ4n) is 3.23. The van der Waals surface area contributed by atoms with Gasteiger partial charge in [0.25, 0.3) is 0 Å². The quantitative estimate of drug-likeness (QED) is 0.757. The van der Waals surface area contributed by atoms with Crippen molar-refractivity contribution in [2.45, 2.75) is 11.8 Å². The van der Waals surface area contributed by atoms with E-state index in [0.717, 1.165) is 11.3 Å². The van der Waals surface area contributed by atoms with Crippen molar-refractivity contribution in [3.8, 4) is 11.5 Å². The first-order chi connectivity index (χ1) is 12.9. The fraction of sp³-hybridized carbons (Fsp3) is 0.368. The maximum atomic E-state index is 13.2. The summed E-state index contributed by atoms with van der Waals surface area (Å²) in [6.45, 7) is 3.92. The molecule has 1 saturated heterocycles. The highest BCUT2D eigenvalue weighted by molar-refractivity contribution is 7.89. The van der Waals surface area contributed by atoms with Crippen LogP contribution in [0, 0.1) is 6.92 Å². The number of hydrogen-bond acceptors (Lipinski definition) is 5. The highest BCUT2D eigenvalue weighted by Gasteiger charge is 2.31. The fourth-order valence-corrected chi connectivity index (χ4v) is 5.00. The molecule has 3 rings (SSSR count). The number of benzene rings is 2. The summed E-state index contributed by atoms with van der Waals surface area (Å²) in [5, 5.41) is 0.712. The Morgan fingerprint density at radius 1 is 1.00 bits per heavy atom. The summed E-state index contributed by atoms with van der Waals surface area (Å²) < 4.78 is 38.2. The summed E-state index contributed by atoms with van der Waals surface area (Å²) in [6, 6.07) is 10.6. The molecule has 0 saturated carbocycles. The maximum absolute atomic E-state index is 13.2. The van der Waals surface area contributed by atoms with Crippen LogP contribution in [0.5, 0.6) is 11.5 Å². The lowest BCUT2D eigenvalue weighted by atomic mass is 10.1. The van der Waals surface area contributed by atoms with Gasteiger partial charge in [0.15, 0.2) is 0 Å². The van der Waals surface area contributed by atoms with Crippen LogP contribution in [0.2, 0.25) is 5.02 Å². The van der Waals surface area contributed by atoms with Crippen LogP contribution in [0.3, 0.4) is 0 Å². The van der Waals surface area contributed by atoms with Crippen LogP contribution in [0.25, 0.3) is 0 Å². The molecular formula is C19H23ClN2O4S. The van der Waals surface area contributed by atoms with E-state index in [1.54, 1.807) is 12.1 Å². The smallest absolute Gasteiger partial charge is 0.247 e. The summed E-state index contributed by atoms with van der Waals surface area (Å²) in [6.07, 6.45) is 0. The second kappa shape index (κ2) is 7.96. The second-order valence-corrected chi connectivity index (χ2v) is 8.61. The van der Waals surface area contributed by atoms with E-state index < -0.39 is 10.0 Å². The largest absolute Gasteiger partial charge is 0.497 e. The number of piperazine rings is 1. The van der Waals surface area contributed by atoms with Gasteiger partial charge in [-0.25, -0.2) is 8.42 Å². The molecule has 0 spiro atoms. The molecule has 0 aliphatic carbocycles. The predicted molar refractivity (Wildman–Crippen MR) is 107 cm³/mol. The molecule has 1 fully saturated rings. The van der Waals surface area contributed by atoms with E-state index in [1.807, 2.05) is 25.1 Å². The number of methoxy groups -OCH3 is 2. The van der Waals surface area contributed by atoms with Gasteiger partial charge in [-0.05, 0) is 36.8 Å². The van der Waals surface area contributed by atoms with Crippen molar-refractivity contribution in [2.24, 2.45) is 0 Å². The van der Waals surface area contributed by atoms with Crippen LogP contribution < -0.4 is 14.4 Å². The minimum absolute atomic E-state index is 0.122. The van der Waals surface area contributed by atoms with Gasteiger partial charge in [0.1, 0.15) is 16.4 Å². The van der Waals surface area contributed by atoms with Crippen LogP contribution in [0.4, 0.5) is 5.69 Å². The predicted octanol–water partition coefficient (Wildman–Crippen LogP) is 3.18. The van der Waals surface area contributed by atoms with Gasteiger partial charge in [0.05, 0.1) is 14.2 Å². The molecule has 27 heavy (non-hydrogen) atoms. The van der Waals surface area contributed by atoms with Crippen molar-refractivity contribution in [1.29, 1.82) is 0 Å². The van der Waals surface area contributed by atoms with Crippen LogP contribution in [-0.2, 0) is 10.0 Å². The lowest BCUT2D eigenvalue weighted by molar-refractivity contribution is 0.370. The van der Waals surface area contributed by atoms with Crippen molar-refractivity contribution < 1.29 is 17.9 Å². The molecule has 146 valence electrons. The third-order valence-electron chi connectivity index (χ3n) is 4.81. The second-order valence-electron chi connectivity index (χ2n) is 6.29. The first kappa shape index (κ1) is 19.8. The van der Waals surface area contributed by atoms with Crippen molar-refractivity contribution in [3.63, 3.8) is 0 Å². The molecule has 0 radical (unpaired) electrons. The molecule has 0 bridgehead atoms. The van der Waals surface area contributed by atoms with Gasteiger partial charge >= 0.3 is 0 Å². The topological polar surface area (TPSA) is 59.1 Å². The zero-order valence-corrected chi connectivity index (χ0v) is 17.2. The van der Waals surface area contributed by atoms with Crippen molar-refractivity contribution >= 4 is 27.3 Å². The number of anilines is 1. The number of sulfonamides is 1. The highest BCUT2D eigenvalue weighted by atomic mass is 35.5. The maximum Gasteiger partial charge on any atom is 0.247 e. The minimum atomic E-state index is -3.69. The summed E-state index contributed by atoms with van der Waals surface area (Å²) in [7, 11) is -0.722. The van der Waals surface area contributed by atoms with Crippen LogP contribution in [-0.4, -0.2) is 53.1 Å². The number of halogens is 1. The van der Waals surface area contributed by atoms with E-state index >= 15 is 0 Å². The van der Waals surface area contributed by atoms with Gasteiger partial charge in [-0.15, -0.1) is 0 Å². The number of hydrogen-bond donors (Lipinski definition) is 0.